The van der Waals surface area contributed by atoms with Gasteiger partial charge in [-0.3, -0.25) is 4.79 Å². The zero-order valence-corrected chi connectivity index (χ0v) is 11.8. The molecule has 21 heavy (non-hydrogen) atoms. The van der Waals surface area contributed by atoms with E-state index in [9.17, 15) is 9.90 Å². The van der Waals surface area contributed by atoms with Crippen molar-refractivity contribution in [3.63, 3.8) is 0 Å². The number of nitrogens with zero attached hydrogens (tertiary/aromatic N) is 2. The first kappa shape index (κ1) is 15.0. The molecule has 1 aromatic carbocycles. The van der Waals surface area contributed by atoms with Crippen molar-refractivity contribution in [2.45, 2.75) is 25.3 Å². The number of hydrogen-bond acceptors (Lipinski definition) is 5. The number of carbonyl (C=O) groups is 1. The molecule has 4 N–H and O–H groups in total. The number of phenols is 1. The molecular formula is C14H19N3O4. The second-order valence-electron chi connectivity index (χ2n) is 4.92. The number of amidine groups is 1. The molecule has 0 aromatic heterocycles. The van der Waals surface area contributed by atoms with Crippen molar-refractivity contribution in [2.24, 2.45) is 10.9 Å². The number of benzene rings is 1. The van der Waals surface area contributed by atoms with Gasteiger partial charge in [0, 0.05) is 12.6 Å². The molecule has 7 heteroatoms. The third-order valence-corrected chi connectivity index (χ3v) is 3.66. The second-order valence-corrected chi connectivity index (χ2v) is 4.92. The molecule has 1 aromatic rings. The summed E-state index contributed by atoms with van der Waals surface area (Å²) >= 11 is 0. The number of aromatic hydroxyl groups is 1. The van der Waals surface area contributed by atoms with E-state index in [1.165, 1.54) is 24.1 Å². The highest BCUT2D eigenvalue weighted by molar-refractivity contribution is 6.00. The summed E-state index contributed by atoms with van der Waals surface area (Å²) < 4.78 is 4.99. The average molecular weight is 293 g/mol. The lowest BCUT2D eigenvalue weighted by atomic mass is 9.99. The number of methoxy groups -OCH3 is 1. The van der Waals surface area contributed by atoms with Crippen LogP contribution in [-0.4, -0.2) is 46.7 Å². The molecule has 114 valence electrons. The van der Waals surface area contributed by atoms with Crippen molar-refractivity contribution < 1.29 is 19.8 Å². The van der Waals surface area contributed by atoms with Gasteiger partial charge in [-0.05, 0) is 31.4 Å². The van der Waals surface area contributed by atoms with E-state index in [0.29, 0.717) is 18.7 Å². The van der Waals surface area contributed by atoms with Gasteiger partial charge in [-0.25, -0.2) is 0 Å². The highest BCUT2D eigenvalue weighted by Gasteiger charge is 2.31. The molecule has 1 unspecified atom stereocenters. The number of amides is 1. The van der Waals surface area contributed by atoms with E-state index in [4.69, 9.17) is 15.7 Å². The first-order chi connectivity index (χ1) is 10.1. The van der Waals surface area contributed by atoms with E-state index >= 15 is 0 Å². The summed E-state index contributed by atoms with van der Waals surface area (Å²) in [6.07, 6.45) is 2.38. The molecule has 0 saturated carbocycles. The standard InChI is InChI=1S/C14H19N3O4/c1-21-9-5-6-10(12(18)8-9)14(19)17-7-3-2-4-11(17)13(15)16-20/h5-6,8,11,18,20H,2-4,7H2,1H3,(H2,15,16). The molecule has 1 saturated heterocycles. The Morgan fingerprint density at radius 3 is 2.86 bits per heavy atom. The van der Waals surface area contributed by atoms with Crippen LogP contribution < -0.4 is 10.5 Å². The van der Waals surface area contributed by atoms with Gasteiger partial charge in [-0.2, -0.15) is 0 Å². The number of likely N-dealkylation sites (tertiary alicyclic amines) is 1. The molecule has 2 rings (SSSR count). The van der Waals surface area contributed by atoms with Gasteiger partial charge in [0.15, 0.2) is 5.84 Å². The molecule has 0 radical (unpaired) electrons. The van der Waals surface area contributed by atoms with Gasteiger partial charge < -0.3 is 25.7 Å². The van der Waals surface area contributed by atoms with Gasteiger partial charge in [0.2, 0.25) is 0 Å². The Bertz CT molecular complexity index is 559. The highest BCUT2D eigenvalue weighted by Crippen LogP contribution is 2.27. The number of phenolic OH excluding ortho intramolecular Hbond substituents is 1. The number of hydrogen-bond donors (Lipinski definition) is 3. The van der Waals surface area contributed by atoms with Crippen LogP contribution >= 0.6 is 0 Å². The van der Waals surface area contributed by atoms with E-state index in [2.05, 4.69) is 5.16 Å². The molecule has 1 aliphatic heterocycles. The molecule has 1 heterocycles. The molecule has 0 aliphatic carbocycles. The van der Waals surface area contributed by atoms with Gasteiger partial charge in [0.25, 0.3) is 5.91 Å². The summed E-state index contributed by atoms with van der Waals surface area (Å²) in [5, 5.41) is 21.8. The van der Waals surface area contributed by atoms with Gasteiger partial charge >= 0.3 is 0 Å². The summed E-state index contributed by atoms with van der Waals surface area (Å²) in [6, 6.07) is 4.05. The third-order valence-electron chi connectivity index (χ3n) is 3.66. The fraction of sp³-hybridized carbons (Fsp3) is 0.429. The first-order valence-electron chi connectivity index (χ1n) is 6.74. The predicted molar refractivity (Wildman–Crippen MR) is 76.7 cm³/mol. The molecule has 0 bridgehead atoms. The number of ether oxygens (including phenoxy) is 1. The molecule has 1 amide bonds. The number of nitrogens with two attached hydrogens (primary N) is 1. The topological polar surface area (TPSA) is 108 Å². The van der Waals surface area contributed by atoms with Crippen LogP contribution in [0, 0.1) is 0 Å². The van der Waals surface area contributed by atoms with Crippen LogP contribution in [-0.2, 0) is 0 Å². The van der Waals surface area contributed by atoms with E-state index < -0.39 is 6.04 Å². The number of piperidine rings is 1. The molecule has 1 aliphatic rings. The summed E-state index contributed by atoms with van der Waals surface area (Å²) in [7, 11) is 1.48. The molecular weight excluding hydrogens is 274 g/mol. The maximum atomic E-state index is 12.6. The minimum Gasteiger partial charge on any atom is -0.507 e. The fourth-order valence-corrected chi connectivity index (χ4v) is 2.52. The lowest BCUT2D eigenvalue weighted by Crippen LogP contribution is -2.50. The van der Waals surface area contributed by atoms with Crippen LogP contribution in [0.25, 0.3) is 0 Å². The van der Waals surface area contributed by atoms with Crippen LogP contribution in [0.3, 0.4) is 0 Å². The number of carbonyl (C=O) groups excluding carboxylic acids is 1. The van der Waals surface area contributed by atoms with Gasteiger partial charge in [0.1, 0.15) is 11.5 Å². The third kappa shape index (κ3) is 3.01. The van der Waals surface area contributed by atoms with Gasteiger partial charge in [-0.15, -0.1) is 0 Å². The van der Waals surface area contributed by atoms with E-state index in [0.717, 1.165) is 12.8 Å². The van der Waals surface area contributed by atoms with Crippen molar-refractivity contribution >= 4 is 11.7 Å². The molecule has 7 nitrogen and oxygen atoms in total. The van der Waals surface area contributed by atoms with E-state index in [1.54, 1.807) is 6.07 Å². The largest absolute Gasteiger partial charge is 0.507 e. The minimum atomic E-state index is -0.447. The van der Waals surface area contributed by atoms with Crippen molar-refractivity contribution in [3.05, 3.63) is 23.8 Å². The fourth-order valence-electron chi connectivity index (χ4n) is 2.52. The Morgan fingerprint density at radius 1 is 1.48 bits per heavy atom. The van der Waals surface area contributed by atoms with Gasteiger partial charge in [0.05, 0.1) is 18.7 Å². The van der Waals surface area contributed by atoms with Gasteiger partial charge in [-0.1, -0.05) is 5.16 Å². The van der Waals surface area contributed by atoms with E-state index in [-0.39, 0.29) is 23.1 Å². The Balaban J connectivity index is 2.29. The van der Waals surface area contributed by atoms with Crippen LogP contribution in [0.15, 0.2) is 23.4 Å². The summed E-state index contributed by atoms with van der Waals surface area (Å²) in [6.45, 7) is 0.505. The van der Waals surface area contributed by atoms with Crippen LogP contribution in [0.2, 0.25) is 0 Å². The SMILES string of the molecule is COc1ccc(C(=O)N2CCCCC2C(N)=NO)c(O)c1. The molecule has 0 spiro atoms. The van der Waals surface area contributed by atoms with Crippen molar-refractivity contribution in [3.8, 4) is 11.5 Å². The Labute approximate surface area is 122 Å². The monoisotopic (exact) mass is 293 g/mol. The quantitative estimate of drug-likeness (QED) is 0.335. The molecule has 1 fully saturated rings. The Kier molecular flexibility index (Phi) is 4.52. The summed E-state index contributed by atoms with van der Waals surface area (Å²) in [4.78, 5) is 14.1. The maximum absolute atomic E-state index is 12.6. The summed E-state index contributed by atoms with van der Waals surface area (Å²) in [5.41, 5.74) is 5.84. The predicted octanol–water partition coefficient (Wildman–Crippen LogP) is 1.14. The zero-order valence-electron chi connectivity index (χ0n) is 11.8. The normalized spacial score (nSPS) is 19.4. The Morgan fingerprint density at radius 2 is 2.24 bits per heavy atom. The van der Waals surface area contributed by atoms with Crippen LogP contribution in [0.4, 0.5) is 0 Å². The minimum absolute atomic E-state index is 0.0102. The average Bonchev–Trinajstić information content (AvgIpc) is 2.53. The van der Waals surface area contributed by atoms with Crippen LogP contribution in [0.1, 0.15) is 29.6 Å². The molecule has 1 atom stereocenters. The summed E-state index contributed by atoms with van der Waals surface area (Å²) in [5.74, 6) is -0.0126. The maximum Gasteiger partial charge on any atom is 0.258 e. The zero-order chi connectivity index (χ0) is 15.4. The van der Waals surface area contributed by atoms with Crippen molar-refractivity contribution in [1.82, 2.24) is 4.90 Å². The lowest BCUT2D eigenvalue weighted by Gasteiger charge is -2.35. The van der Waals surface area contributed by atoms with Crippen LogP contribution in [0.5, 0.6) is 11.5 Å². The Hall–Kier alpha value is -2.44. The van der Waals surface area contributed by atoms with E-state index in [1.807, 2.05) is 0 Å². The smallest absolute Gasteiger partial charge is 0.258 e. The lowest BCUT2D eigenvalue weighted by molar-refractivity contribution is 0.0673. The first-order valence-corrected chi connectivity index (χ1v) is 6.74. The highest BCUT2D eigenvalue weighted by atomic mass is 16.5. The number of oxime groups is 1. The second kappa shape index (κ2) is 6.34. The van der Waals surface area contributed by atoms with Crippen molar-refractivity contribution in [1.29, 1.82) is 0 Å². The number of rotatable bonds is 3. The van der Waals surface area contributed by atoms with Crippen molar-refractivity contribution in [2.75, 3.05) is 13.7 Å².